The van der Waals surface area contributed by atoms with Crippen LogP contribution in [0, 0.1) is 0 Å². The summed E-state index contributed by atoms with van der Waals surface area (Å²) in [5, 5.41) is 0. The highest BCUT2D eigenvalue weighted by Crippen LogP contribution is 2.48. The van der Waals surface area contributed by atoms with Gasteiger partial charge in [0.15, 0.2) is 0 Å². The van der Waals surface area contributed by atoms with Gasteiger partial charge in [-0.15, -0.1) is 0 Å². The summed E-state index contributed by atoms with van der Waals surface area (Å²) in [6.07, 6.45) is -0.150. The molecule has 0 aliphatic carbocycles. The Morgan fingerprint density at radius 1 is 0.905 bits per heavy atom. The predicted octanol–water partition coefficient (Wildman–Crippen LogP) is 3.21. The van der Waals surface area contributed by atoms with Crippen LogP contribution >= 0.6 is 7.60 Å². The Morgan fingerprint density at radius 3 is 1.71 bits per heavy atom. The summed E-state index contributed by atoms with van der Waals surface area (Å²) in [6.45, 7) is 0. The molecule has 2 rings (SSSR count). The summed E-state index contributed by atoms with van der Waals surface area (Å²) < 4.78 is 23.8. The SMILES string of the molecule is NC(=O)CCP(=O)(Oc1ccccc1)Oc1ccccc1. The van der Waals surface area contributed by atoms with Crippen molar-refractivity contribution in [3.63, 3.8) is 0 Å². The van der Waals surface area contributed by atoms with Gasteiger partial charge in [0.05, 0.1) is 6.16 Å². The first-order chi connectivity index (χ1) is 10.1. The quantitative estimate of drug-likeness (QED) is 0.797. The standard InChI is InChI=1S/C15H16NO4P/c16-15(17)11-12-21(18,19-13-7-3-1-4-8-13)20-14-9-5-2-6-10-14/h1-10H,11-12H2,(H2,16,17). The lowest BCUT2D eigenvalue weighted by molar-refractivity contribution is -0.117. The smallest absolute Gasteiger partial charge is 0.416 e. The molecule has 0 aliphatic rings. The molecular weight excluding hydrogens is 289 g/mol. The third-order valence-corrected chi connectivity index (χ3v) is 4.36. The minimum absolute atomic E-state index is 0.0725. The first kappa shape index (κ1) is 15.1. The van der Waals surface area contributed by atoms with Gasteiger partial charge in [-0.25, -0.2) is 4.57 Å². The van der Waals surface area contributed by atoms with Gasteiger partial charge in [0.2, 0.25) is 5.91 Å². The molecule has 0 radical (unpaired) electrons. The molecule has 0 heterocycles. The van der Waals surface area contributed by atoms with E-state index in [9.17, 15) is 9.36 Å². The van der Waals surface area contributed by atoms with Gasteiger partial charge in [0.25, 0.3) is 0 Å². The Labute approximate surface area is 123 Å². The van der Waals surface area contributed by atoms with Crippen LogP contribution in [0.15, 0.2) is 60.7 Å². The van der Waals surface area contributed by atoms with Crippen LogP contribution < -0.4 is 14.8 Å². The van der Waals surface area contributed by atoms with Crippen LogP contribution in [0.5, 0.6) is 11.5 Å². The summed E-state index contributed by atoms with van der Waals surface area (Å²) in [5.74, 6) is 0.283. The van der Waals surface area contributed by atoms with E-state index in [0.29, 0.717) is 11.5 Å². The summed E-state index contributed by atoms with van der Waals surface area (Å²) in [7, 11) is -3.52. The van der Waals surface area contributed by atoms with Crippen LogP contribution in [-0.4, -0.2) is 12.1 Å². The Kier molecular flexibility index (Phi) is 5.01. The van der Waals surface area contributed by atoms with Crippen molar-refractivity contribution in [1.82, 2.24) is 0 Å². The monoisotopic (exact) mass is 305 g/mol. The van der Waals surface area contributed by atoms with E-state index in [1.807, 2.05) is 12.1 Å². The van der Waals surface area contributed by atoms with E-state index < -0.39 is 13.5 Å². The van der Waals surface area contributed by atoms with Gasteiger partial charge in [-0.05, 0) is 24.3 Å². The fourth-order valence-electron chi connectivity index (χ4n) is 1.64. The Hall–Kier alpha value is -2.26. The fraction of sp³-hybridized carbons (Fsp3) is 0.133. The highest BCUT2D eigenvalue weighted by atomic mass is 31.2. The molecule has 0 aliphatic heterocycles. The summed E-state index contributed by atoms with van der Waals surface area (Å²) >= 11 is 0. The molecule has 0 aromatic heterocycles. The average Bonchev–Trinajstić information content (AvgIpc) is 2.47. The van der Waals surface area contributed by atoms with E-state index >= 15 is 0 Å². The fourth-order valence-corrected chi connectivity index (χ4v) is 3.24. The predicted molar refractivity (Wildman–Crippen MR) is 80.4 cm³/mol. The summed E-state index contributed by atoms with van der Waals surface area (Å²) in [6, 6.07) is 17.4. The molecule has 6 heteroatoms. The number of rotatable bonds is 7. The molecule has 0 unspecified atom stereocenters. The van der Waals surface area contributed by atoms with Crippen molar-refractivity contribution < 1.29 is 18.4 Å². The minimum Gasteiger partial charge on any atom is -0.416 e. The van der Waals surface area contributed by atoms with E-state index in [4.69, 9.17) is 14.8 Å². The van der Waals surface area contributed by atoms with Gasteiger partial charge in [-0.3, -0.25) is 4.79 Å². The summed E-state index contributed by atoms with van der Waals surface area (Å²) in [5.41, 5.74) is 5.12. The third-order valence-electron chi connectivity index (χ3n) is 2.61. The van der Waals surface area contributed by atoms with Crippen molar-refractivity contribution in [2.75, 3.05) is 6.16 Å². The third kappa shape index (κ3) is 4.97. The van der Waals surface area contributed by atoms with Crippen LogP contribution in [0.3, 0.4) is 0 Å². The molecule has 1 amide bonds. The highest BCUT2D eigenvalue weighted by Gasteiger charge is 2.28. The topological polar surface area (TPSA) is 78.6 Å². The molecule has 2 aromatic rings. The van der Waals surface area contributed by atoms with Crippen LogP contribution in [0.2, 0.25) is 0 Å². The van der Waals surface area contributed by atoms with Crippen molar-refractivity contribution in [2.45, 2.75) is 6.42 Å². The molecule has 0 saturated heterocycles. The van der Waals surface area contributed by atoms with Gasteiger partial charge in [0.1, 0.15) is 11.5 Å². The zero-order chi connectivity index (χ0) is 15.1. The van der Waals surface area contributed by atoms with Crippen molar-refractivity contribution in [3.05, 3.63) is 60.7 Å². The molecule has 0 fully saturated rings. The van der Waals surface area contributed by atoms with Crippen molar-refractivity contribution in [2.24, 2.45) is 5.73 Å². The van der Waals surface area contributed by atoms with E-state index in [0.717, 1.165) is 0 Å². The lowest BCUT2D eigenvalue weighted by atomic mass is 10.3. The number of nitrogens with two attached hydrogens (primary N) is 1. The lowest BCUT2D eigenvalue weighted by Crippen LogP contribution is -2.15. The van der Waals surface area contributed by atoms with Crippen molar-refractivity contribution in [3.8, 4) is 11.5 Å². The van der Waals surface area contributed by atoms with Crippen LogP contribution in [0.25, 0.3) is 0 Å². The Bertz CT molecular complexity index is 585. The number of hydrogen-bond acceptors (Lipinski definition) is 4. The number of para-hydroxylation sites is 2. The first-order valence-electron chi connectivity index (χ1n) is 6.44. The molecule has 21 heavy (non-hydrogen) atoms. The number of amides is 1. The van der Waals surface area contributed by atoms with Gasteiger partial charge in [-0.1, -0.05) is 36.4 Å². The molecule has 110 valence electrons. The second-order valence-corrected chi connectivity index (χ2v) is 6.39. The maximum atomic E-state index is 12.8. The molecule has 2 N–H and O–H groups in total. The van der Waals surface area contributed by atoms with Crippen molar-refractivity contribution >= 4 is 13.5 Å². The molecular formula is C15H16NO4P. The van der Waals surface area contributed by atoms with E-state index in [-0.39, 0.29) is 12.6 Å². The van der Waals surface area contributed by atoms with Gasteiger partial charge >= 0.3 is 7.60 Å². The van der Waals surface area contributed by atoms with E-state index in [1.54, 1.807) is 48.5 Å². The van der Waals surface area contributed by atoms with E-state index in [2.05, 4.69) is 0 Å². The number of benzene rings is 2. The maximum absolute atomic E-state index is 12.8. The minimum atomic E-state index is -3.52. The second kappa shape index (κ2) is 6.95. The molecule has 0 spiro atoms. The van der Waals surface area contributed by atoms with Crippen LogP contribution in [0.4, 0.5) is 0 Å². The molecule has 2 aromatic carbocycles. The second-order valence-electron chi connectivity index (χ2n) is 4.36. The lowest BCUT2D eigenvalue weighted by Gasteiger charge is -2.19. The highest BCUT2D eigenvalue weighted by molar-refractivity contribution is 7.54. The number of primary amides is 1. The number of hydrogen-bond donors (Lipinski definition) is 1. The summed E-state index contributed by atoms with van der Waals surface area (Å²) in [4.78, 5) is 10.9. The Morgan fingerprint density at radius 2 is 1.33 bits per heavy atom. The van der Waals surface area contributed by atoms with Crippen LogP contribution in [0.1, 0.15) is 6.42 Å². The Balaban J connectivity index is 2.17. The van der Waals surface area contributed by atoms with E-state index in [1.165, 1.54) is 0 Å². The van der Waals surface area contributed by atoms with Crippen molar-refractivity contribution in [1.29, 1.82) is 0 Å². The molecule has 0 bridgehead atoms. The zero-order valence-corrected chi connectivity index (χ0v) is 12.2. The van der Waals surface area contributed by atoms with Gasteiger partial charge in [0, 0.05) is 6.42 Å². The number of carbonyl (C=O) groups excluding carboxylic acids is 1. The largest absolute Gasteiger partial charge is 0.431 e. The zero-order valence-electron chi connectivity index (χ0n) is 11.3. The van der Waals surface area contributed by atoms with Gasteiger partial charge in [-0.2, -0.15) is 0 Å². The first-order valence-corrected chi connectivity index (χ1v) is 8.17. The molecule has 0 saturated carbocycles. The maximum Gasteiger partial charge on any atom is 0.431 e. The van der Waals surface area contributed by atoms with Crippen LogP contribution in [-0.2, 0) is 9.36 Å². The number of carbonyl (C=O) groups is 1. The average molecular weight is 305 g/mol. The van der Waals surface area contributed by atoms with Gasteiger partial charge < -0.3 is 14.8 Å². The molecule has 0 atom stereocenters. The normalized spacial score (nSPS) is 10.9. The molecule has 5 nitrogen and oxygen atoms in total.